The van der Waals surface area contributed by atoms with Crippen LogP contribution < -0.4 is 5.32 Å². The van der Waals surface area contributed by atoms with Crippen LogP contribution in [-0.2, 0) is 9.59 Å². The number of carbonyl (C=O) groups excluding carboxylic acids is 1. The molecule has 5 nitrogen and oxygen atoms in total. The molecule has 1 atom stereocenters. The Labute approximate surface area is 119 Å². The highest BCUT2D eigenvalue weighted by atomic mass is 79.9. The number of nitrogens with zero attached hydrogens (tertiary/aromatic N) is 1. The fourth-order valence-electron chi connectivity index (χ4n) is 2.23. The first-order valence-electron chi connectivity index (χ1n) is 6.09. The van der Waals surface area contributed by atoms with Gasteiger partial charge in [-0.2, -0.15) is 0 Å². The van der Waals surface area contributed by atoms with Crippen LogP contribution in [0, 0.1) is 0 Å². The van der Waals surface area contributed by atoms with Crippen molar-refractivity contribution in [2.75, 3.05) is 18.4 Å². The Morgan fingerprint density at radius 2 is 2.16 bits per heavy atom. The quantitative estimate of drug-likeness (QED) is 0.887. The molecule has 1 aliphatic heterocycles. The highest BCUT2D eigenvalue weighted by Gasteiger charge is 2.31. The first kappa shape index (κ1) is 14.0. The van der Waals surface area contributed by atoms with Gasteiger partial charge in [0.15, 0.2) is 0 Å². The SMILES string of the molecule is O=C(CN1CCCC1C(=O)O)Nc1ccccc1Br. The van der Waals surface area contributed by atoms with Crippen molar-refractivity contribution in [3.8, 4) is 0 Å². The van der Waals surface area contributed by atoms with Crippen molar-refractivity contribution < 1.29 is 14.7 Å². The Morgan fingerprint density at radius 1 is 1.42 bits per heavy atom. The molecule has 1 aromatic carbocycles. The maximum absolute atomic E-state index is 11.9. The predicted molar refractivity (Wildman–Crippen MR) is 75.0 cm³/mol. The van der Waals surface area contributed by atoms with E-state index in [1.807, 2.05) is 18.2 Å². The molecular weight excluding hydrogens is 312 g/mol. The molecule has 0 aliphatic carbocycles. The minimum Gasteiger partial charge on any atom is -0.480 e. The third-order valence-corrected chi connectivity index (χ3v) is 3.83. The molecule has 1 amide bonds. The lowest BCUT2D eigenvalue weighted by Crippen LogP contribution is -2.40. The van der Waals surface area contributed by atoms with Crippen LogP contribution in [0.5, 0.6) is 0 Å². The normalized spacial score (nSPS) is 19.3. The van der Waals surface area contributed by atoms with Gasteiger partial charge in [0.1, 0.15) is 6.04 Å². The van der Waals surface area contributed by atoms with E-state index in [0.29, 0.717) is 18.7 Å². The zero-order valence-electron chi connectivity index (χ0n) is 10.3. The Kier molecular flexibility index (Phi) is 4.55. The van der Waals surface area contributed by atoms with E-state index in [2.05, 4.69) is 21.2 Å². The summed E-state index contributed by atoms with van der Waals surface area (Å²) in [4.78, 5) is 24.7. The molecule has 6 heteroatoms. The molecule has 0 bridgehead atoms. The molecule has 102 valence electrons. The van der Waals surface area contributed by atoms with Crippen LogP contribution in [0.2, 0.25) is 0 Å². The van der Waals surface area contributed by atoms with E-state index >= 15 is 0 Å². The summed E-state index contributed by atoms with van der Waals surface area (Å²) >= 11 is 3.35. The number of nitrogens with one attached hydrogen (secondary N) is 1. The van der Waals surface area contributed by atoms with Gasteiger partial charge in [-0.15, -0.1) is 0 Å². The molecule has 1 unspecified atom stereocenters. The molecule has 0 radical (unpaired) electrons. The number of hydrogen-bond donors (Lipinski definition) is 2. The first-order valence-corrected chi connectivity index (χ1v) is 6.88. The van der Waals surface area contributed by atoms with Crippen molar-refractivity contribution in [3.63, 3.8) is 0 Å². The molecule has 1 saturated heterocycles. The van der Waals surface area contributed by atoms with Crippen LogP contribution in [0.1, 0.15) is 12.8 Å². The van der Waals surface area contributed by atoms with Gasteiger partial charge in [0.05, 0.1) is 12.2 Å². The number of carbonyl (C=O) groups is 2. The number of anilines is 1. The highest BCUT2D eigenvalue weighted by Crippen LogP contribution is 2.22. The van der Waals surface area contributed by atoms with Crippen molar-refractivity contribution in [1.29, 1.82) is 0 Å². The number of hydrogen-bond acceptors (Lipinski definition) is 3. The van der Waals surface area contributed by atoms with E-state index in [0.717, 1.165) is 10.9 Å². The van der Waals surface area contributed by atoms with Crippen LogP contribution in [0.3, 0.4) is 0 Å². The molecule has 0 aromatic heterocycles. The third-order valence-electron chi connectivity index (χ3n) is 3.14. The summed E-state index contributed by atoms with van der Waals surface area (Å²) in [5, 5.41) is 11.8. The average Bonchev–Trinajstić information content (AvgIpc) is 2.80. The van der Waals surface area contributed by atoms with Crippen LogP contribution >= 0.6 is 15.9 Å². The summed E-state index contributed by atoms with van der Waals surface area (Å²) < 4.78 is 0.805. The Hall–Kier alpha value is -1.40. The van der Waals surface area contributed by atoms with Crippen LogP contribution in [0.4, 0.5) is 5.69 Å². The van der Waals surface area contributed by atoms with Crippen LogP contribution in [0.25, 0.3) is 0 Å². The maximum Gasteiger partial charge on any atom is 0.320 e. The molecule has 1 heterocycles. The number of aliphatic carboxylic acids is 1. The number of benzene rings is 1. The van der Waals surface area contributed by atoms with Crippen molar-refractivity contribution in [2.45, 2.75) is 18.9 Å². The van der Waals surface area contributed by atoms with Crippen LogP contribution in [-0.4, -0.2) is 41.0 Å². The number of halogens is 1. The van der Waals surface area contributed by atoms with Crippen molar-refractivity contribution in [1.82, 2.24) is 4.90 Å². The lowest BCUT2D eigenvalue weighted by atomic mass is 10.2. The summed E-state index contributed by atoms with van der Waals surface area (Å²) in [6.07, 6.45) is 1.43. The van der Waals surface area contributed by atoms with Gasteiger partial charge in [-0.1, -0.05) is 12.1 Å². The zero-order valence-corrected chi connectivity index (χ0v) is 11.9. The Morgan fingerprint density at radius 3 is 2.84 bits per heavy atom. The molecule has 19 heavy (non-hydrogen) atoms. The molecular formula is C13H15BrN2O3. The van der Waals surface area contributed by atoms with Crippen LogP contribution in [0.15, 0.2) is 28.7 Å². The average molecular weight is 327 g/mol. The van der Waals surface area contributed by atoms with Gasteiger partial charge < -0.3 is 10.4 Å². The minimum absolute atomic E-state index is 0.109. The van der Waals surface area contributed by atoms with E-state index in [1.54, 1.807) is 11.0 Å². The number of para-hydroxylation sites is 1. The second-order valence-electron chi connectivity index (χ2n) is 4.49. The van der Waals surface area contributed by atoms with Gasteiger partial charge in [0.2, 0.25) is 5.91 Å². The molecule has 0 spiro atoms. The zero-order chi connectivity index (χ0) is 13.8. The van der Waals surface area contributed by atoms with Crippen molar-refractivity contribution in [2.24, 2.45) is 0 Å². The van der Waals surface area contributed by atoms with Crippen molar-refractivity contribution in [3.05, 3.63) is 28.7 Å². The van der Waals surface area contributed by atoms with Gasteiger partial charge in [0, 0.05) is 4.47 Å². The standard InChI is InChI=1S/C13H15BrN2O3/c14-9-4-1-2-5-10(9)15-12(17)8-16-7-3-6-11(16)13(18)19/h1-2,4-5,11H,3,6-8H2,(H,15,17)(H,18,19). The maximum atomic E-state index is 11.9. The summed E-state index contributed by atoms with van der Waals surface area (Å²) in [6.45, 7) is 0.763. The molecule has 2 rings (SSSR count). The summed E-state index contributed by atoms with van der Waals surface area (Å²) in [7, 11) is 0. The van der Waals surface area contributed by atoms with E-state index in [4.69, 9.17) is 5.11 Å². The highest BCUT2D eigenvalue weighted by molar-refractivity contribution is 9.10. The van der Waals surface area contributed by atoms with E-state index < -0.39 is 12.0 Å². The van der Waals surface area contributed by atoms with E-state index in [1.165, 1.54) is 0 Å². The second kappa shape index (κ2) is 6.16. The smallest absolute Gasteiger partial charge is 0.320 e. The summed E-state index contributed by atoms with van der Waals surface area (Å²) in [6, 6.07) is 6.79. The monoisotopic (exact) mass is 326 g/mol. The molecule has 1 fully saturated rings. The topological polar surface area (TPSA) is 69.6 Å². The third kappa shape index (κ3) is 3.54. The largest absolute Gasteiger partial charge is 0.480 e. The lowest BCUT2D eigenvalue weighted by molar-refractivity contribution is -0.142. The van der Waals surface area contributed by atoms with Gasteiger partial charge in [-0.25, -0.2) is 0 Å². The predicted octanol–water partition coefficient (Wildman–Crippen LogP) is 1.94. The second-order valence-corrected chi connectivity index (χ2v) is 5.35. The molecule has 0 saturated carbocycles. The van der Waals surface area contributed by atoms with E-state index in [9.17, 15) is 9.59 Å². The molecule has 2 N–H and O–H groups in total. The number of carboxylic acids is 1. The summed E-state index contributed by atoms with van der Waals surface area (Å²) in [5.41, 5.74) is 0.693. The number of amides is 1. The van der Waals surface area contributed by atoms with Crippen molar-refractivity contribution >= 4 is 33.5 Å². The molecule has 1 aromatic rings. The molecule has 1 aliphatic rings. The van der Waals surface area contributed by atoms with Gasteiger partial charge in [-0.3, -0.25) is 14.5 Å². The lowest BCUT2D eigenvalue weighted by Gasteiger charge is -2.20. The fourth-order valence-corrected chi connectivity index (χ4v) is 2.62. The van der Waals surface area contributed by atoms with Gasteiger partial charge in [-0.05, 0) is 47.4 Å². The Bertz CT molecular complexity index is 493. The number of rotatable bonds is 4. The number of likely N-dealkylation sites (tertiary alicyclic amines) is 1. The Balaban J connectivity index is 1.95. The summed E-state index contributed by atoms with van der Waals surface area (Å²) in [5.74, 6) is -1.05. The minimum atomic E-state index is -0.855. The van der Waals surface area contributed by atoms with Gasteiger partial charge >= 0.3 is 5.97 Å². The van der Waals surface area contributed by atoms with Gasteiger partial charge in [0.25, 0.3) is 0 Å². The van der Waals surface area contributed by atoms with E-state index in [-0.39, 0.29) is 12.5 Å². The first-order chi connectivity index (χ1) is 9.08. The number of carboxylic acid groups (broad SMARTS) is 1. The fraction of sp³-hybridized carbons (Fsp3) is 0.385.